The molecule has 0 saturated carbocycles. The van der Waals surface area contributed by atoms with Gasteiger partial charge in [-0.15, -0.1) is 0 Å². The number of hydrogen-bond acceptors (Lipinski definition) is 4. The number of hydrogen-bond donors (Lipinski definition) is 1. The summed E-state index contributed by atoms with van der Waals surface area (Å²) in [7, 11) is 1.65. The molecule has 1 aromatic carbocycles. The van der Waals surface area contributed by atoms with E-state index in [0.29, 0.717) is 18.8 Å². The Hall–Kier alpha value is -2.14. The standard InChI is InChI=1S/C16H19N3O2/c1-11-4-3-5-12-13(16(20)17-2)10-14(18-15(11)12)19-6-8-21-9-7-19/h3-5,10H,6-9H2,1-2H3,(H,17,20). The average Bonchev–Trinajstić information content (AvgIpc) is 2.54. The predicted molar refractivity (Wildman–Crippen MR) is 82.9 cm³/mol. The molecule has 5 heteroatoms. The molecule has 0 aliphatic carbocycles. The van der Waals surface area contributed by atoms with Gasteiger partial charge in [0.2, 0.25) is 0 Å². The molecule has 5 nitrogen and oxygen atoms in total. The monoisotopic (exact) mass is 285 g/mol. The Morgan fingerprint density at radius 1 is 1.33 bits per heavy atom. The van der Waals surface area contributed by atoms with E-state index in [9.17, 15) is 4.79 Å². The number of amides is 1. The molecule has 2 aromatic rings. The summed E-state index contributed by atoms with van der Waals surface area (Å²) in [6.45, 7) is 5.02. The first kappa shape index (κ1) is 13.8. The van der Waals surface area contributed by atoms with Gasteiger partial charge in [0.1, 0.15) is 5.82 Å². The predicted octanol–water partition coefficient (Wildman–Crippen LogP) is 1.74. The topological polar surface area (TPSA) is 54.5 Å². The lowest BCUT2D eigenvalue weighted by Crippen LogP contribution is -2.37. The number of aryl methyl sites for hydroxylation is 1. The van der Waals surface area contributed by atoms with Crippen LogP contribution in [0.2, 0.25) is 0 Å². The zero-order valence-electron chi connectivity index (χ0n) is 12.3. The van der Waals surface area contributed by atoms with Gasteiger partial charge in [0, 0.05) is 25.5 Å². The van der Waals surface area contributed by atoms with Crippen molar-refractivity contribution in [2.45, 2.75) is 6.92 Å². The molecule has 1 amide bonds. The molecule has 2 heterocycles. The van der Waals surface area contributed by atoms with Crippen molar-refractivity contribution in [2.24, 2.45) is 0 Å². The smallest absolute Gasteiger partial charge is 0.251 e. The lowest BCUT2D eigenvalue weighted by Gasteiger charge is -2.28. The Bertz CT molecular complexity index is 679. The SMILES string of the molecule is CNC(=O)c1cc(N2CCOCC2)nc2c(C)cccc12. The highest BCUT2D eigenvalue weighted by Crippen LogP contribution is 2.25. The highest BCUT2D eigenvalue weighted by atomic mass is 16.5. The third-order valence-corrected chi connectivity index (χ3v) is 3.83. The van der Waals surface area contributed by atoms with Crippen LogP contribution in [0.1, 0.15) is 15.9 Å². The number of pyridine rings is 1. The van der Waals surface area contributed by atoms with Gasteiger partial charge in [-0.3, -0.25) is 4.79 Å². The average molecular weight is 285 g/mol. The summed E-state index contributed by atoms with van der Waals surface area (Å²) in [5.41, 5.74) is 2.64. The van der Waals surface area contributed by atoms with Crippen molar-refractivity contribution in [1.29, 1.82) is 0 Å². The third-order valence-electron chi connectivity index (χ3n) is 3.83. The molecule has 1 aliphatic heterocycles. The maximum absolute atomic E-state index is 12.2. The maximum atomic E-state index is 12.2. The molecule has 1 saturated heterocycles. The number of morpholine rings is 1. The molecule has 0 bridgehead atoms. The quantitative estimate of drug-likeness (QED) is 0.913. The number of rotatable bonds is 2. The Kier molecular flexibility index (Phi) is 3.75. The Balaban J connectivity index is 2.17. The molecule has 0 radical (unpaired) electrons. The van der Waals surface area contributed by atoms with Gasteiger partial charge in [-0.05, 0) is 18.6 Å². The van der Waals surface area contributed by atoms with E-state index < -0.39 is 0 Å². The third kappa shape index (κ3) is 2.56. The number of aromatic nitrogens is 1. The van der Waals surface area contributed by atoms with Gasteiger partial charge in [-0.1, -0.05) is 18.2 Å². The number of carbonyl (C=O) groups is 1. The van der Waals surface area contributed by atoms with Crippen molar-refractivity contribution in [2.75, 3.05) is 38.3 Å². The molecule has 0 atom stereocenters. The van der Waals surface area contributed by atoms with E-state index in [2.05, 4.69) is 10.2 Å². The number of carbonyl (C=O) groups excluding carboxylic acids is 1. The summed E-state index contributed by atoms with van der Waals surface area (Å²) in [5.74, 6) is 0.765. The van der Waals surface area contributed by atoms with Gasteiger partial charge in [0.05, 0.1) is 24.3 Å². The van der Waals surface area contributed by atoms with Crippen LogP contribution in [-0.2, 0) is 4.74 Å². The summed E-state index contributed by atoms with van der Waals surface area (Å²) in [4.78, 5) is 19.1. The van der Waals surface area contributed by atoms with Crippen LogP contribution in [0, 0.1) is 6.92 Å². The van der Waals surface area contributed by atoms with Crippen LogP contribution in [0.4, 0.5) is 5.82 Å². The molecule has 3 rings (SSSR count). The first-order valence-electron chi connectivity index (χ1n) is 7.16. The number of nitrogens with zero attached hydrogens (tertiary/aromatic N) is 2. The molecule has 1 fully saturated rings. The lowest BCUT2D eigenvalue weighted by atomic mass is 10.0. The first-order chi connectivity index (χ1) is 10.2. The molecule has 21 heavy (non-hydrogen) atoms. The van der Waals surface area contributed by atoms with E-state index in [1.165, 1.54) is 0 Å². The molecule has 0 unspecified atom stereocenters. The van der Waals surface area contributed by atoms with Crippen LogP contribution in [0.15, 0.2) is 24.3 Å². The normalized spacial score (nSPS) is 15.2. The lowest BCUT2D eigenvalue weighted by molar-refractivity contribution is 0.0964. The summed E-state index contributed by atoms with van der Waals surface area (Å²) >= 11 is 0. The van der Waals surface area contributed by atoms with E-state index in [0.717, 1.165) is 35.4 Å². The number of para-hydroxylation sites is 1. The molecule has 1 N–H and O–H groups in total. The van der Waals surface area contributed by atoms with Crippen LogP contribution >= 0.6 is 0 Å². The maximum Gasteiger partial charge on any atom is 0.251 e. The minimum absolute atomic E-state index is 0.0810. The van der Waals surface area contributed by atoms with Crippen molar-refractivity contribution in [3.8, 4) is 0 Å². The minimum atomic E-state index is -0.0810. The van der Waals surface area contributed by atoms with Crippen molar-refractivity contribution >= 4 is 22.6 Å². The molecule has 110 valence electrons. The fourth-order valence-corrected chi connectivity index (χ4v) is 2.66. The summed E-state index contributed by atoms with van der Waals surface area (Å²) < 4.78 is 5.38. The van der Waals surface area contributed by atoms with E-state index in [1.54, 1.807) is 7.05 Å². The number of fused-ring (bicyclic) bond motifs is 1. The second-order valence-corrected chi connectivity index (χ2v) is 5.18. The summed E-state index contributed by atoms with van der Waals surface area (Å²) in [5, 5.41) is 3.61. The fourth-order valence-electron chi connectivity index (χ4n) is 2.66. The van der Waals surface area contributed by atoms with Gasteiger partial charge in [-0.25, -0.2) is 4.98 Å². The summed E-state index contributed by atoms with van der Waals surface area (Å²) in [6, 6.07) is 7.81. The largest absolute Gasteiger partial charge is 0.378 e. The zero-order chi connectivity index (χ0) is 14.8. The van der Waals surface area contributed by atoms with Crippen LogP contribution in [0.3, 0.4) is 0 Å². The van der Waals surface area contributed by atoms with Crippen LogP contribution in [-0.4, -0.2) is 44.2 Å². The second-order valence-electron chi connectivity index (χ2n) is 5.18. The fraction of sp³-hybridized carbons (Fsp3) is 0.375. The highest BCUT2D eigenvalue weighted by Gasteiger charge is 2.18. The van der Waals surface area contributed by atoms with Gasteiger partial charge >= 0.3 is 0 Å². The van der Waals surface area contributed by atoms with E-state index in [4.69, 9.17) is 9.72 Å². The van der Waals surface area contributed by atoms with Crippen molar-refractivity contribution in [1.82, 2.24) is 10.3 Å². The van der Waals surface area contributed by atoms with Crippen molar-refractivity contribution in [3.05, 3.63) is 35.4 Å². The molecular formula is C16H19N3O2. The zero-order valence-corrected chi connectivity index (χ0v) is 12.3. The van der Waals surface area contributed by atoms with E-state index in [1.807, 2.05) is 31.2 Å². The second kappa shape index (κ2) is 5.69. The van der Waals surface area contributed by atoms with Gasteiger partial charge in [0.15, 0.2) is 0 Å². The molecule has 1 aromatic heterocycles. The molecule has 1 aliphatic rings. The van der Waals surface area contributed by atoms with Crippen LogP contribution in [0.5, 0.6) is 0 Å². The van der Waals surface area contributed by atoms with E-state index >= 15 is 0 Å². The van der Waals surface area contributed by atoms with Gasteiger partial charge in [0.25, 0.3) is 5.91 Å². The van der Waals surface area contributed by atoms with Crippen molar-refractivity contribution in [3.63, 3.8) is 0 Å². The van der Waals surface area contributed by atoms with Gasteiger partial charge < -0.3 is 15.0 Å². The number of nitrogens with one attached hydrogen (secondary N) is 1. The Morgan fingerprint density at radius 2 is 2.10 bits per heavy atom. The number of anilines is 1. The van der Waals surface area contributed by atoms with E-state index in [-0.39, 0.29) is 5.91 Å². The number of ether oxygens (including phenoxy) is 1. The molecule has 0 spiro atoms. The minimum Gasteiger partial charge on any atom is -0.378 e. The van der Waals surface area contributed by atoms with Crippen LogP contribution < -0.4 is 10.2 Å². The Labute approximate surface area is 123 Å². The first-order valence-corrected chi connectivity index (χ1v) is 7.16. The Morgan fingerprint density at radius 3 is 2.81 bits per heavy atom. The van der Waals surface area contributed by atoms with Crippen LogP contribution in [0.25, 0.3) is 10.9 Å². The molecular weight excluding hydrogens is 266 g/mol. The van der Waals surface area contributed by atoms with Gasteiger partial charge in [-0.2, -0.15) is 0 Å². The highest BCUT2D eigenvalue weighted by molar-refractivity contribution is 6.07. The number of benzene rings is 1. The van der Waals surface area contributed by atoms with Crippen molar-refractivity contribution < 1.29 is 9.53 Å². The summed E-state index contributed by atoms with van der Waals surface area (Å²) in [6.07, 6.45) is 0.